The van der Waals surface area contributed by atoms with Gasteiger partial charge in [0.05, 0.1) is 11.8 Å². The van der Waals surface area contributed by atoms with E-state index in [1.807, 2.05) is 0 Å². The van der Waals surface area contributed by atoms with E-state index in [0.717, 1.165) is 0 Å². The van der Waals surface area contributed by atoms with Crippen molar-refractivity contribution in [2.24, 2.45) is 5.92 Å². The molecule has 1 atom stereocenters. The van der Waals surface area contributed by atoms with Gasteiger partial charge in [-0.1, -0.05) is 41.9 Å². The molecule has 0 saturated carbocycles. The summed E-state index contributed by atoms with van der Waals surface area (Å²) in [5.74, 6) is -1.07. The summed E-state index contributed by atoms with van der Waals surface area (Å²) in [6, 6.07) is 4.56. The van der Waals surface area contributed by atoms with Gasteiger partial charge in [-0.2, -0.15) is 0 Å². The number of nitrogens with one attached hydrogen (secondary N) is 1. The maximum Gasteiger partial charge on any atom is 0.227 e. The second-order valence-electron chi connectivity index (χ2n) is 4.02. The molecular formula is C12H15BrFNO2. The summed E-state index contributed by atoms with van der Waals surface area (Å²) in [5, 5.41) is 12.3. The Labute approximate surface area is 108 Å². The fourth-order valence-corrected chi connectivity index (χ4v) is 1.61. The zero-order chi connectivity index (χ0) is 13.0. The number of anilines is 1. The number of hydrogen-bond donors (Lipinski definition) is 2. The van der Waals surface area contributed by atoms with Gasteiger partial charge in [0, 0.05) is 16.8 Å². The maximum atomic E-state index is 13.9. The van der Waals surface area contributed by atoms with Crippen molar-refractivity contribution in [2.75, 3.05) is 10.6 Å². The minimum Gasteiger partial charge on any atom is -0.387 e. The zero-order valence-corrected chi connectivity index (χ0v) is 11.3. The topological polar surface area (TPSA) is 49.3 Å². The Balaban J connectivity index is 2.98. The van der Waals surface area contributed by atoms with Crippen molar-refractivity contribution >= 4 is 27.5 Å². The minimum absolute atomic E-state index is 0.0983. The van der Waals surface area contributed by atoms with Crippen LogP contribution in [0, 0.1) is 11.7 Å². The van der Waals surface area contributed by atoms with Gasteiger partial charge in [-0.3, -0.25) is 4.79 Å². The summed E-state index contributed by atoms with van der Waals surface area (Å²) in [4.78, 5) is 11.5. The largest absolute Gasteiger partial charge is 0.387 e. The number of carbonyl (C=O) groups excluding carboxylic acids is 1. The van der Waals surface area contributed by atoms with Crippen LogP contribution >= 0.6 is 15.9 Å². The number of aliphatic hydroxyl groups is 1. The lowest BCUT2D eigenvalue weighted by atomic mass is 10.1. The van der Waals surface area contributed by atoms with Crippen LogP contribution in [0.2, 0.25) is 0 Å². The number of halogens is 2. The summed E-state index contributed by atoms with van der Waals surface area (Å²) in [7, 11) is 0. The molecule has 94 valence electrons. The van der Waals surface area contributed by atoms with Gasteiger partial charge in [-0.05, 0) is 6.07 Å². The molecule has 1 aromatic rings. The molecule has 3 nitrogen and oxygen atoms in total. The van der Waals surface area contributed by atoms with Crippen LogP contribution in [-0.2, 0) is 4.79 Å². The molecule has 1 unspecified atom stereocenters. The van der Waals surface area contributed by atoms with E-state index in [1.165, 1.54) is 12.1 Å². The van der Waals surface area contributed by atoms with Crippen LogP contribution in [0.5, 0.6) is 0 Å². The van der Waals surface area contributed by atoms with Gasteiger partial charge in [0.2, 0.25) is 5.91 Å². The molecule has 0 heterocycles. The monoisotopic (exact) mass is 303 g/mol. The highest BCUT2D eigenvalue weighted by atomic mass is 79.9. The SMILES string of the molecule is CC(C)C(=O)Nc1cccc(C(O)CBr)c1F. The lowest BCUT2D eigenvalue weighted by molar-refractivity contribution is -0.118. The third-order valence-corrected chi connectivity index (χ3v) is 2.93. The number of alkyl halides is 1. The molecule has 0 saturated heterocycles. The second-order valence-corrected chi connectivity index (χ2v) is 4.67. The average Bonchev–Trinajstić information content (AvgIpc) is 2.30. The Morgan fingerprint density at radius 3 is 2.71 bits per heavy atom. The van der Waals surface area contributed by atoms with Gasteiger partial charge in [-0.25, -0.2) is 4.39 Å². The van der Waals surface area contributed by atoms with Crippen LogP contribution in [0.25, 0.3) is 0 Å². The molecular weight excluding hydrogens is 289 g/mol. The zero-order valence-electron chi connectivity index (χ0n) is 9.71. The summed E-state index contributed by atoms with van der Waals surface area (Å²) >= 11 is 3.08. The molecule has 0 bridgehead atoms. The van der Waals surface area contributed by atoms with Crippen LogP contribution in [0.1, 0.15) is 25.5 Å². The van der Waals surface area contributed by atoms with Crippen molar-refractivity contribution in [3.63, 3.8) is 0 Å². The molecule has 5 heteroatoms. The minimum atomic E-state index is -0.925. The molecule has 2 N–H and O–H groups in total. The van der Waals surface area contributed by atoms with Crippen molar-refractivity contribution in [1.82, 2.24) is 0 Å². The Kier molecular flexibility index (Phi) is 5.08. The fraction of sp³-hybridized carbons (Fsp3) is 0.417. The normalized spacial score (nSPS) is 12.6. The average molecular weight is 304 g/mol. The van der Waals surface area contributed by atoms with Crippen LogP contribution in [-0.4, -0.2) is 16.3 Å². The van der Waals surface area contributed by atoms with Crippen molar-refractivity contribution in [3.05, 3.63) is 29.6 Å². The van der Waals surface area contributed by atoms with Gasteiger partial charge in [0.1, 0.15) is 0 Å². The quantitative estimate of drug-likeness (QED) is 0.840. The highest BCUT2D eigenvalue weighted by Crippen LogP contribution is 2.24. The highest BCUT2D eigenvalue weighted by Gasteiger charge is 2.16. The Bertz CT molecular complexity index is 409. The number of amides is 1. The van der Waals surface area contributed by atoms with Crippen LogP contribution in [0.3, 0.4) is 0 Å². The Morgan fingerprint density at radius 1 is 1.53 bits per heavy atom. The molecule has 0 aliphatic rings. The molecule has 17 heavy (non-hydrogen) atoms. The smallest absolute Gasteiger partial charge is 0.227 e. The molecule has 1 aromatic carbocycles. The van der Waals surface area contributed by atoms with E-state index in [-0.39, 0.29) is 28.4 Å². The third-order valence-electron chi connectivity index (χ3n) is 2.32. The second kappa shape index (κ2) is 6.12. The highest BCUT2D eigenvalue weighted by molar-refractivity contribution is 9.09. The Morgan fingerprint density at radius 2 is 2.18 bits per heavy atom. The number of hydrogen-bond acceptors (Lipinski definition) is 2. The van der Waals surface area contributed by atoms with E-state index in [0.29, 0.717) is 0 Å². The van der Waals surface area contributed by atoms with Crippen molar-refractivity contribution in [3.8, 4) is 0 Å². The summed E-state index contributed by atoms with van der Waals surface area (Å²) in [6.07, 6.45) is -0.925. The lowest BCUT2D eigenvalue weighted by Crippen LogP contribution is -2.19. The van der Waals surface area contributed by atoms with Crippen LogP contribution in [0.15, 0.2) is 18.2 Å². The van der Waals surface area contributed by atoms with E-state index in [2.05, 4.69) is 21.2 Å². The number of carbonyl (C=O) groups is 1. The predicted molar refractivity (Wildman–Crippen MR) is 68.6 cm³/mol. The first-order valence-corrected chi connectivity index (χ1v) is 6.42. The molecule has 0 aliphatic heterocycles. The van der Waals surface area contributed by atoms with Gasteiger partial charge in [0.15, 0.2) is 5.82 Å². The van der Waals surface area contributed by atoms with Gasteiger partial charge >= 0.3 is 0 Å². The van der Waals surface area contributed by atoms with Crippen LogP contribution in [0.4, 0.5) is 10.1 Å². The van der Waals surface area contributed by atoms with E-state index < -0.39 is 11.9 Å². The van der Waals surface area contributed by atoms with Gasteiger partial charge in [0.25, 0.3) is 0 Å². The summed E-state index contributed by atoms with van der Waals surface area (Å²) in [6.45, 7) is 3.45. The fourth-order valence-electron chi connectivity index (χ4n) is 1.26. The van der Waals surface area contributed by atoms with E-state index >= 15 is 0 Å². The predicted octanol–water partition coefficient (Wildman–Crippen LogP) is 2.85. The van der Waals surface area contributed by atoms with E-state index in [1.54, 1.807) is 19.9 Å². The maximum absolute atomic E-state index is 13.9. The number of rotatable bonds is 4. The number of benzene rings is 1. The third kappa shape index (κ3) is 3.51. The van der Waals surface area contributed by atoms with Gasteiger partial charge in [-0.15, -0.1) is 0 Å². The summed E-state index contributed by atoms with van der Waals surface area (Å²) in [5.41, 5.74) is 0.268. The van der Waals surface area contributed by atoms with Crippen LogP contribution < -0.4 is 5.32 Å². The molecule has 0 fully saturated rings. The first-order chi connectivity index (χ1) is 7.97. The lowest BCUT2D eigenvalue weighted by Gasteiger charge is -2.13. The molecule has 0 radical (unpaired) electrons. The van der Waals surface area contributed by atoms with E-state index in [4.69, 9.17) is 0 Å². The molecule has 0 spiro atoms. The van der Waals surface area contributed by atoms with Crippen molar-refractivity contribution < 1.29 is 14.3 Å². The number of aliphatic hydroxyl groups excluding tert-OH is 1. The Hall–Kier alpha value is -0.940. The van der Waals surface area contributed by atoms with Crippen molar-refractivity contribution in [1.29, 1.82) is 0 Å². The molecule has 1 rings (SSSR count). The molecule has 0 aromatic heterocycles. The van der Waals surface area contributed by atoms with Gasteiger partial charge < -0.3 is 10.4 Å². The molecule has 1 amide bonds. The van der Waals surface area contributed by atoms with E-state index in [9.17, 15) is 14.3 Å². The first-order valence-electron chi connectivity index (χ1n) is 5.30. The van der Waals surface area contributed by atoms with Crippen molar-refractivity contribution in [2.45, 2.75) is 20.0 Å². The standard InChI is InChI=1S/C12H15BrFNO2/c1-7(2)12(17)15-9-5-3-4-8(11(9)14)10(16)6-13/h3-5,7,10,16H,6H2,1-2H3,(H,15,17). The molecule has 0 aliphatic carbocycles. The first kappa shape index (κ1) is 14.1. The summed E-state index contributed by atoms with van der Waals surface area (Å²) < 4.78 is 13.9.